The number of nitrogens with zero attached hydrogens (tertiary/aromatic N) is 1. The quantitative estimate of drug-likeness (QED) is 0.0170. The van der Waals surface area contributed by atoms with Crippen LogP contribution in [0.2, 0.25) is 9.36 Å². The van der Waals surface area contributed by atoms with Gasteiger partial charge in [-0.15, -0.1) is 11.3 Å². The third-order valence-electron chi connectivity index (χ3n) is 23.1. The van der Waals surface area contributed by atoms with Gasteiger partial charge < -0.3 is 47.7 Å². The highest BCUT2D eigenvalue weighted by Crippen LogP contribution is 2.37. The topological polar surface area (TPSA) is 484 Å². The lowest BCUT2D eigenvalue weighted by Gasteiger charge is -2.18. The van der Waals surface area contributed by atoms with E-state index in [4.69, 9.17) is 39.4 Å². The van der Waals surface area contributed by atoms with Crippen LogP contribution in [0.25, 0.3) is 55.4 Å². The van der Waals surface area contributed by atoms with Crippen LogP contribution >= 0.6 is 34.5 Å². The summed E-state index contributed by atoms with van der Waals surface area (Å²) in [7, 11) is -14.6. The van der Waals surface area contributed by atoms with Crippen molar-refractivity contribution in [2.75, 3.05) is 20.3 Å². The standard InChI is InChI=1S/C32H28N4O4S.C27H24ClN3O4S2.C25H25ClN2O6S.C25H23F3N2O5S/c33-31(37)28(20-22-10-2-1-3-11-22)36-32(38)27-17-7-6-16-26(27)25-15-5-4-12-24(25)21-35-41(39,40)29-18-8-13-23-14-9-19-34-30(23)29;28-24-14-15-25(36-24)37(34,35)30-17-19-10-4-5-11-20(19)21-12-6-7-13-22(21)27(33)31-23(26(29)32)16-18-8-2-1-3-9-18;1-16(30)22(15-29)28-25(31)21-10-6-5-9-20(21)19-8-4-3-7-17(19)14-27-35(32,33)24-13-18(26)11-12-23(24)34-2;1-16(32)23(15-31)30-24(33)22-12-5-4-11-21(22)20-10-3-2-7-17(20)14-29-36(34,35)19-9-6-8-18(13-19)25(26,27)28/h1-19,28,35H,20-21H2,(H2,33,37)(H,36,38);1-15,23,30H,16-17H2,(H2,29,32)(H,31,33);3-13,22,27,29H,14-15H2,1-2H3,(H,28,31);2-13,23,29,31H,14-15H2,1H3,(H,30,33)/t28-;23-;22-;23-/m0000/s1. The summed E-state index contributed by atoms with van der Waals surface area (Å²) in [5.41, 5.74) is 20.4. The number of ether oxygens (including phenoxy) is 1. The second kappa shape index (κ2) is 52.0. The molecule has 0 radical (unpaired) electrons. The Bertz CT molecular complexity index is 7900. The Labute approximate surface area is 872 Å². The van der Waals surface area contributed by atoms with Crippen LogP contribution in [0.1, 0.15) is 94.2 Å². The van der Waals surface area contributed by atoms with Crippen LogP contribution in [-0.2, 0) is 104 Å². The van der Waals surface area contributed by atoms with Crippen molar-refractivity contribution in [2.24, 2.45) is 11.5 Å². The molecule has 2 aromatic heterocycles. The van der Waals surface area contributed by atoms with Crippen molar-refractivity contribution >= 4 is 133 Å². The lowest BCUT2D eigenvalue weighted by Crippen LogP contribution is -2.46. The predicted molar refractivity (Wildman–Crippen MR) is 563 cm³/mol. The van der Waals surface area contributed by atoms with Gasteiger partial charge in [-0.3, -0.25) is 43.3 Å². The minimum Gasteiger partial charge on any atom is -0.495 e. The molecule has 0 unspecified atom stereocenters. The van der Waals surface area contributed by atoms with Crippen LogP contribution in [0.5, 0.6) is 5.75 Å². The first-order valence-electron chi connectivity index (χ1n) is 45.6. The molecule has 0 aliphatic carbocycles. The summed E-state index contributed by atoms with van der Waals surface area (Å²) in [6.07, 6.45) is -2.62. The van der Waals surface area contributed by atoms with E-state index in [1.807, 2.05) is 84.9 Å². The number of Topliss-reactive ketones (excluding diaryl/α,β-unsaturated/α-hetero) is 2. The molecule has 0 saturated carbocycles. The van der Waals surface area contributed by atoms with Crippen molar-refractivity contribution < 1.29 is 100 Å². The number of nitrogens with one attached hydrogen (secondary N) is 8. The second-order valence-electron chi connectivity index (χ2n) is 33.2. The number of benzene rings is 13. The number of rotatable bonds is 39. The molecular formula is C109H100Cl2F3N11O19S5. The van der Waals surface area contributed by atoms with Crippen molar-refractivity contribution in [3.05, 3.63) is 416 Å². The number of thiophene rings is 1. The fraction of sp³-hybridized carbons (Fsp3) is 0.147. The number of halogens is 5. The molecule has 0 bridgehead atoms. The van der Waals surface area contributed by atoms with E-state index < -0.39 is 135 Å². The number of fused-ring (bicyclic) bond motifs is 1. The number of aromatic nitrogens is 1. The number of pyridine rings is 1. The number of aliphatic hydroxyl groups excluding tert-OH is 2. The highest BCUT2D eigenvalue weighted by Gasteiger charge is 2.34. The monoisotopic (exact) mass is 2150 g/mol. The Morgan fingerprint density at radius 3 is 1.08 bits per heavy atom. The van der Waals surface area contributed by atoms with Crippen molar-refractivity contribution in [1.29, 1.82) is 0 Å². The molecule has 6 amide bonds. The van der Waals surface area contributed by atoms with Gasteiger partial charge in [0.05, 0.1) is 40.6 Å². The van der Waals surface area contributed by atoms with Crippen molar-refractivity contribution in [1.82, 2.24) is 45.1 Å². The molecule has 15 aromatic rings. The van der Waals surface area contributed by atoms with Crippen LogP contribution < -0.4 is 56.4 Å². The van der Waals surface area contributed by atoms with Gasteiger partial charge in [-0.1, -0.05) is 278 Å². The van der Waals surface area contributed by atoms with E-state index in [0.717, 1.165) is 46.0 Å². The van der Waals surface area contributed by atoms with Crippen LogP contribution in [0.4, 0.5) is 13.2 Å². The first-order valence-corrected chi connectivity index (χ1v) is 53.1. The summed E-state index contributed by atoms with van der Waals surface area (Å²) >= 11 is 12.9. The second-order valence-corrected chi connectivity index (χ2v) is 42.6. The van der Waals surface area contributed by atoms with E-state index in [1.54, 1.807) is 194 Å². The van der Waals surface area contributed by atoms with Gasteiger partial charge >= 0.3 is 6.18 Å². The molecular weight excluding hydrogens is 2060 g/mol. The molecule has 13 aromatic carbocycles. The van der Waals surface area contributed by atoms with Gasteiger partial charge in [0, 0.05) is 77.9 Å². The number of hydrogen-bond donors (Lipinski definition) is 12. The van der Waals surface area contributed by atoms with Crippen molar-refractivity contribution in [3.63, 3.8) is 0 Å². The number of nitrogens with two attached hydrogens (primary N) is 2. The van der Waals surface area contributed by atoms with Gasteiger partial charge in [0.1, 0.15) is 43.9 Å². The number of para-hydroxylation sites is 1. The SMILES string of the molecule is CC(=O)[C@H](CO)NC(=O)c1ccccc1-c1ccccc1CNS(=O)(=O)c1cccc(C(F)(F)F)c1.COc1ccc(Cl)cc1S(=O)(=O)NCc1ccccc1-c1ccccc1C(=O)N[C@@H](CO)C(C)=O.NC(=O)[C@H](Cc1ccccc1)NC(=O)c1ccccc1-c1ccccc1CNS(=O)(=O)c1ccc(Cl)s1.NC(=O)[C@H](Cc1ccccc1)NC(=O)c1ccccc1-c1ccccc1CNS(=O)(=O)c1cccc2cccnc12. The predicted octanol–water partition coefficient (Wildman–Crippen LogP) is 15.3. The number of primary amides is 2. The van der Waals surface area contributed by atoms with Crippen LogP contribution in [0.3, 0.4) is 0 Å². The maximum atomic E-state index is 13.4. The van der Waals surface area contributed by atoms with Gasteiger partial charge in [-0.05, 0) is 177 Å². The number of ketones is 2. The third kappa shape index (κ3) is 30.3. The average molecular weight is 2160 g/mol. The molecule has 770 valence electrons. The number of carbonyl (C=O) groups is 8. The number of aliphatic hydroxyl groups is 2. The van der Waals surface area contributed by atoms with Crippen LogP contribution in [0.15, 0.2) is 365 Å². The summed E-state index contributed by atoms with van der Waals surface area (Å²) in [6, 6.07) is 89.1. The van der Waals surface area contributed by atoms with E-state index >= 15 is 0 Å². The van der Waals surface area contributed by atoms with Crippen LogP contribution in [0, 0.1) is 0 Å². The molecule has 0 spiro atoms. The Kier molecular flexibility index (Phi) is 39.3. The fourth-order valence-corrected chi connectivity index (χ4v) is 21.7. The average Bonchev–Trinajstić information content (AvgIpc) is 1.11. The number of hydrogen-bond acceptors (Lipinski definition) is 21. The number of sulfonamides is 4. The maximum Gasteiger partial charge on any atom is 0.416 e. The molecule has 14 N–H and O–H groups in total. The molecule has 0 saturated heterocycles. The van der Waals surface area contributed by atoms with E-state index in [0.29, 0.717) is 93.8 Å². The minimum atomic E-state index is -4.69. The molecule has 0 fully saturated rings. The number of amides is 6. The van der Waals surface area contributed by atoms with Crippen molar-refractivity contribution in [3.8, 4) is 50.3 Å². The van der Waals surface area contributed by atoms with Crippen molar-refractivity contribution in [2.45, 2.75) is 102 Å². The number of methoxy groups -OCH3 is 1. The lowest BCUT2D eigenvalue weighted by atomic mass is 9.94. The normalized spacial score (nSPS) is 12.3. The summed E-state index contributed by atoms with van der Waals surface area (Å²) in [5, 5.41) is 30.3. The Balaban J connectivity index is 0.000000177. The van der Waals surface area contributed by atoms with E-state index in [-0.39, 0.29) is 80.7 Å². The summed E-state index contributed by atoms with van der Waals surface area (Å²) in [5.74, 6) is -3.99. The Hall–Kier alpha value is -15.1. The summed E-state index contributed by atoms with van der Waals surface area (Å²) < 4.78 is 158. The maximum absolute atomic E-state index is 13.4. The highest BCUT2D eigenvalue weighted by atomic mass is 35.5. The smallest absolute Gasteiger partial charge is 0.416 e. The zero-order chi connectivity index (χ0) is 107. The Morgan fingerprint density at radius 2 is 0.718 bits per heavy atom. The third-order valence-corrected chi connectivity index (χ3v) is 30.7. The largest absolute Gasteiger partial charge is 0.495 e. The number of alkyl halides is 3. The van der Waals surface area contributed by atoms with Gasteiger partial charge in [0.25, 0.3) is 23.6 Å². The van der Waals surface area contributed by atoms with Gasteiger partial charge in [0.2, 0.25) is 51.9 Å². The van der Waals surface area contributed by atoms with Gasteiger partial charge in [-0.25, -0.2) is 52.6 Å². The zero-order valence-corrected chi connectivity index (χ0v) is 85.3. The fourth-order valence-electron chi connectivity index (χ4n) is 15.5. The highest BCUT2D eigenvalue weighted by molar-refractivity contribution is 7.91. The molecule has 4 atom stereocenters. The van der Waals surface area contributed by atoms with E-state index in [1.165, 1.54) is 63.4 Å². The van der Waals surface area contributed by atoms with Crippen LogP contribution in [-0.4, -0.2) is 140 Å². The van der Waals surface area contributed by atoms with Gasteiger partial charge in [0.15, 0.2) is 11.6 Å². The first-order chi connectivity index (χ1) is 71.2. The zero-order valence-electron chi connectivity index (χ0n) is 79.7. The van der Waals surface area contributed by atoms with Gasteiger partial charge in [-0.2, -0.15) is 13.2 Å². The lowest BCUT2D eigenvalue weighted by molar-refractivity contribution is -0.137. The van der Waals surface area contributed by atoms with E-state index in [9.17, 15) is 95.4 Å². The molecule has 30 nitrogen and oxygen atoms in total. The molecule has 149 heavy (non-hydrogen) atoms. The molecule has 15 rings (SSSR count). The molecule has 40 heteroatoms. The first kappa shape index (κ1) is 113. The molecule has 0 aliphatic rings. The summed E-state index contributed by atoms with van der Waals surface area (Å²) in [6.45, 7) is 1.07. The summed E-state index contributed by atoms with van der Waals surface area (Å²) in [4.78, 5) is 104. The molecule has 0 aliphatic heterocycles. The number of carbonyl (C=O) groups excluding carboxylic acids is 8. The minimum absolute atomic E-state index is 0.00188. The van der Waals surface area contributed by atoms with E-state index in [2.05, 4.69) is 45.1 Å². The molecule has 2 heterocycles. The Morgan fingerprint density at radius 1 is 0.376 bits per heavy atom.